The molecule has 3 rings (SSSR count). The van der Waals surface area contributed by atoms with Gasteiger partial charge in [0, 0.05) is 28.4 Å². The van der Waals surface area contributed by atoms with E-state index in [1.165, 1.54) is 0 Å². The van der Waals surface area contributed by atoms with E-state index in [0.29, 0.717) is 17.0 Å². The number of hydrogen-bond donors (Lipinski definition) is 2. The quantitative estimate of drug-likeness (QED) is 0.563. The van der Waals surface area contributed by atoms with Gasteiger partial charge in [-0.05, 0) is 30.3 Å². The Morgan fingerprint density at radius 1 is 1.10 bits per heavy atom. The van der Waals surface area contributed by atoms with Gasteiger partial charge in [-0.1, -0.05) is 18.2 Å². The van der Waals surface area contributed by atoms with Crippen molar-refractivity contribution >= 4 is 22.4 Å². The Morgan fingerprint density at radius 2 is 1.85 bits per heavy atom. The largest absolute Gasteiger partial charge is 0.485 e. The molecule has 2 aromatic carbocycles. The third-order valence-electron chi connectivity index (χ3n) is 3.14. The topological polar surface area (TPSA) is 68.1 Å². The highest BCUT2D eigenvalue weighted by molar-refractivity contribution is 6.08. The number of ketones is 1. The maximum atomic E-state index is 12.2. The van der Waals surface area contributed by atoms with Crippen molar-refractivity contribution in [3.63, 3.8) is 0 Å². The Morgan fingerprint density at radius 3 is 2.65 bits per heavy atom. The Bertz CT molecular complexity index is 745. The summed E-state index contributed by atoms with van der Waals surface area (Å²) in [5, 5.41) is 0.915. The van der Waals surface area contributed by atoms with Crippen LogP contribution in [0.1, 0.15) is 10.4 Å². The summed E-state index contributed by atoms with van der Waals surface area (Å²) in [5.74, 6) is 0.576. The lowest BCUT2D eigenvalue weighted by Gasteiger charge is -2.05. The number of para-hydroxylation sites is 1. The van der Waals surface area contributed by atoms with Gasteiger partial charge in [0.2, 0.25) is 5.78 Å². The van der Waals surface area contributed by atoms with Gasteiger partial charge < -0.3 is 15.5 Å². The molecule has 3 aromatic rings. The SMILES string of the molecule is Nc1ccc(OCC(=O)c2c[nH]c3ccccc23)cc1. The third kappa shape index (κ3) is 2.36. The molecule has 4 heteroatoms. The number of carbonyl (C=O) groups is 1. The summed E-state index contributed by atoms with van der Waals surface area (Å²) in [6.07, 6.45) is 1.72. The van der Waals surface area contributed by atoms with Crippen LogP contribution in [-0.4, -0.2) is 17.4 Å². The van der Waals surface area contributed by atoms with Crippen LogP contribution in [0.25, 0.3) is 10.9 Å². The highest BCUT2D eigenvalue weighted by Crippen LogP contribution is 2.19. The standard InChI is InChI=1S/C16H14N2O2/c17-11-5-7-12(8-6-11)20-10-16(19)14-9-18-15-4-2-1-3-13(14)15/h1-9,18H,10,17H2. The molecule has 0 aliphatic heterocycles. The van der Waals surface area contributed by atoms with Crippen LogP contribution in [0, 0.1) is 0 Å². The molecule has 0 unspecified atom stereocenters. The van der Waals surface area contributed by atoms with Crippen LogP contribution >= 0.6 is 0 Å². The number of hydrogen-bond acceptors (Lipinski definition) is 3. The fourth-order valence-corrected chi connectivity index (χ4v) is 2.09. The van der Waals surface area contributed by atoms with Gasteiger partial charge in [0.1, 0.15) is 5.75 Å². The van der Waals surface area contributed by atoms with E-state index < -0.39 is 0 Å². The summed E-state index contributed by atoms with van der Waals surface area (Å²) in [6.45, 7) is 0.00572. The van der Waals surface area contributed by atoms with Crippen molar-refractivity contribution in [1.29, 1.82) is 0 Å². The number of fused-ring (bicyclic) bond motifs is 1. The number of Topliss-reactive ketones (excluding diaryl/α,β-unsaturated/α-hetero) is 1. The molecular weight excluding hydrogens is 252 g/mol. The minimum atomic E-state index is -0.0562. The van der Waals surface area contributed by atoms with Gasteiger partial charge in [-0.25, -0.2) is 0 Å². The van der Waals surface area contributed by atoms with Crippen molar-refractivity contribution in [1.82, 2.24) is 4.98 Å². The molecule has 0 radical (unpaired) electrons. The fourth-order valence-electron chi connectivity index (χ4n) is 2.09. The van der Waals surface area contributed by atoms with E-state index in [-0.39, 0.29) is 12.4 Å². The normalized spacial score (nSPS) is 10.6. The zero-order valence-electron chi connectivity index (χ0n) is 10.8. The molecule has 100 valence electrons. The Balaban J connectivity index is 1.75. The van der Waals surface area contributed by atoms with Crippen LogP contribution in [0.4, 0.5) is 5.69 Å². The van der Waals surface area contributed by atoms with Gasteiger partial charge in [0.05, 0.1) is 0 Å². The van der Waals surface area contributed by atoms with Gasteiger partial charge in [0.15, 0.2) is 6.61 Å². The maximum absolute atomic E-state index is 12.2. The summed E-state index contributed by atoms with van der Waals surface area (Å²) in [4.78, 5) is 15.3. The summed E-state index contributed by atoms with van der Waals surface area (Å²) < 4.78 is 5.48. The summed E-state index contributed by atoms with van der Waals surface area (Å²) in [6, 6.07) is 14.7. The predicted octanol–water partition coefficient (Wildman–Crippen LogP) is 3.01. The molecule has 0 aliphatic rings. The van der Waals surface area contributed by atoms with Gasteiger partial charge in [-0.15, -0.1) is 0 Å². The van der Waals surface area contributed by atoms with Gasteiger partial charge in [0.25, 0.3) is 0 Å². The van der Waals surface area contributed by atoms with E-state index in [1.807, 2.05) is 24.3 Å². The van der Waals surface area contributed by atoms with E-state index in [9.17, 15) is 4.79 Å². The van der Waals surface area contributed by atoms with Crippen LogP contribution < -0.4 is 10.5 Å². The number of nitrogens with two attached hydrogens (primary N) is 1. The van der Waals surface area contributed by atoms with E-state index >= 15 is 0 Å². The monoisotopic (exact) mass is 266 g/mol. The minimum absolute atomic E-state index is 0.00572. The zero-order valence-corrected chi connectivity index (χ0v) is 10.8. The van der Waals surface area contributed by atoms with Gasteiger partial charge >= 0.3 is 0 Å². The second-order valence-electron chi connectivity index (χ2n) is 4.53. The highest BCUT2D eigenvalue weighted by atomic mass is 16.5. The lowest BCUT2D eigenvalue weighted by atomic mass is 10.1. The molecule has 0 atom stereocenters. The molecule has 0 aliphatic carbocycles. The molecule has 20 heavy (non-hydrogen) atoms. The smallest absolute Gasteiger partial charge is 0.202 e. The molecule has 0 saturated carbocycles. The van der Waals surface area contributed by atoms with E-state index in [1.54, 1.807) is 30.5 Å². The van der Waals surface area contributed by atoms with Crippen LogP contribution in [-0.2, 0) is 0 Å². The molecule has 3 N–H and O–H groups in total. The molecule has 0 bridgehead atoms. The van der Waals surface area contributed by atoms with Gasteiger partial charge in [-0.3, -0.25) is 4.79 Å². The van der Waals surface area contributed by atoms with Gasteiger partial charge in [-0.2, -0.15) is 0 Å². The maximum Gasteiger partial charge on any atom is 0.202 e. The number of H-pyrrole nitrogens is 1. The van der Waals surface area contributed by atoms with Crippen molar-refractivity contribution < 1.29 is 9.53 Å². The predicted molar refractivity (Wildman–Crippen MR) is 79.0 cm³/mol. The van der Waals surface area contributed by atoms with E-state index in [2.05, 4.69) is 4.98 Å². The lowest BCUT2D eigenvalue weighted by molar-refractivity contribution is 0.0923. The first-order valence-electron chi connectivity index (χ1n) is 6.32. The highest BCUT2D eigenvalue weighted by Gasteiger charge is 2.12. The molecule has 0 saturated heterocycles. The van der Waals surface area contributed by atoms with Crippen LogP contribution in [0.3, 0.4) is 0 Å². The van der Waals surface area contributed by atoms with Crippen molar-refractivity contribution in [3.05, 3.63) is 60.3 Å². The lowest BCUT2D eigenvalue weighted by Crippen LogP contribution is -2.11. The Kier molecular flexibility index (Phi) is 3.13. The third-order valence-corrected chi connectivity index (χ3v) is 3.14. The first-order chi connectivity index (χ1) is 9.74. The number of carbonyl (C=O) groups excluding carboxylic acids is 1. The first kappa shape index (κ1) is 12.3. The minimum Gasteiger partial charge on any atom is -0.485 e. The second-order valence-corrected chi connectivity index (χ2v) is 4.53. The van der Waals surface area contributed by atoms with Crippen molar-refractivity contribution in [3.8, 4) is 5.75 Å². The number of aromatic amines is 1. The molecule has 0 amide bonds. The Hall–Kier alpha value is -2.75. The summed E-state index contributed by atoms with van der Waals surface area (Å²) >= 11 is 0. The van der Waals surface area contributed by atoms with Crippen LogP contribution in [0.2, 0.25) is 0 Å². The molecule has 4 nitrogen and oxygen atoms in total. The van der Waals surface area contributed by atoms with Crippen LogP contribution in [0.5, 0.6) is 5.75 Å². The second kappa shape index (κ2) is 5.09. The van der Waals surface area contributed by atoms with Crippen LogP contribution in [0.15, 0.2) is 54.7 Å². The number of rotatable bonds is 4. The molecule has 0 spiro atoms. The number of nitrogens with one attached hydrogen (secondary N) is 1. The first-order valence-corrected chi connectivity index (χ1v) is 6.32. The number of ether oxygens (including phenoxy) is 1. The number of anilines is 1. The average molecular weight is 266 g/mol. The number of aromatic nitrogens is 1. The number of benzene rings is 2. The molecule has 1 aromatic heterocycles. The summed E-state index contributed by atoms with van der Waals surface area (Å²) in [7, 11) is 0. The Labute approximate surface area is 116 Å². The number of nitrogen functional groups attached to an aromatic ring is 1. The average Bonchev–Trinajstić information content (AvgIpc) is 2.90. The van der Waals surface area contributed by atoms with E-state index in [0.717, 1.165) is 10.9 Å². The molecule has 0 fully saturated rings. The molecule has 1 heterocycles. The fraction of sp³-hybridized carbons (Fsp3) is 0.0625. The van der Waals surface area contributed by atoms with Crippen molar-refractivity contribution in [2.75, 3.05) is 12.3 Å². The van der Waals surface area contributed by atoms with Crippen molar-refractivity contribution in [2.24, 2.45) is 0 Å². The zero-order chi connectivity index (χ0) is 13.9. The summed E-state index contributed by atoms with van der Waals surface area (Å²) in [5.41, 5.74) is 7.86. The van der Waals surface area contributed by atoms with Crippen molar-refractivity contribution in [2.45, 2.75) is 0 Å². The van der Waals surface area contributed by atoms with E-state index in [4.69, 9.17) is 10.5 Å². The molecular formula is C16H14N2O2.